The van der Waals surface area contributed by atoms with Crippen molar-refractivity contribution in [1.29, 1.82) is 0 Å². The van der Waals surface area contributed by atoms with Crippen molar-refractivity contribution in [3.05, 3.63) is 66.1 Å². The number of carbonyl (C=O) groups is 2. The summed E-state index contributed by atoms with van der Waals surface area (Å²) >= 11 is 0. The van der Waals surface area contributed by atoms with E-state index in [0.717, 1.165) is 28.5 Å². The number of hydrogen-bond acceptors (Lipinski definition) is 5. The Labute approximate surface area is 223 Å². The number of nitrogens with one attached hydrogen (secondary N) is 2. The summed E-state index contributed by atoms with van der Waals surface area (Å²) in [4.78, 5) is 24.6. The fraction of sp³-hybridized carbons (Fsp3) is 0.467. The lowest BCUT2D eigenvalue weighted by Crippen LogP contribution is -2.65. The van der Waals surface area contributed by atoms with Gasteiger partial charge in [0.15, 0.2) is 0 Å². The van der Waals surface area contributed by atoms with Crippen molar-refractivity contribution in [1.82, 2.24) is 5.32 Å². The van der Waals surface area contributed by atoms with Gasteiger partial charge in [0.2, 0.25) is 11.8 Å². The van der Waals surface area contributed by atoms with Crippen molar-refractivity contribution >= 4 is 35.4 Å². The Morgan fingerprint density at radius 2 is 1.84 bits per heavy atom. The molecule has 2 bridgehead atoms. The van der Waals surface area contributed by atoms with E-state index >= 15 is 0 Å². The lowest BCUT2D eigenvalue weighted by atomic mass is 9.43. The normalized spacial score (nSPS) is 27.9. The smallest absolute Gasteiger partial charge is 0.468 e. The molecule has 2 heterocycles. The third-order valence-electron chi connectivity index (χ3n) is 9.28. The molecule has 3 aliphatic carbocycles. The Kier molecular flexibility index (Phi) is 6.15. The number of fused-ring (bicyclic) bond motifs is 1. The van der Waals surface area contributed by atoms with Crippen LogP contribution in [0.5, 0.6) is 0 Å². The van der Waals surface area contributed by atoms with E-state index in [1.54, 1.807) is 18.4 Å². The Hall–Kier alpha value is -3.10. The molecule has 4 fully saturated rings. The van der Waals surface area contributed by atoms with Crippen molar-refractivity contribution in [2.24, 2.45) is 17.3 Å². The Morgan fingerprint density at radius 3 is 2.58 bits per heavy atom. The van der Waals surface area contributed by atoms with Gasteiger partial charge < -0.3 is 24.4 Å². The topological polar surface area (TPSA) is 89.8 Å². The zero-order chi connectivity index (χ0) is 26.7. The molecule has 3 saturated carbocycles. The molecule has 7 rings (SSSR count). The molecule has 0 unspecified atom stereocenters. The first-order valence-electron chi connectivity index (χ1n) is 13.6. The van der Waals surface area contributed by atoms with Gasteiger partial charge in [-0.15, -0.1) is 0 Å². The first-order valence-corrected chi connectivity index (χ1v) is 13.6. The van der Waals surface area contributed by atoms with E-state index in [1.165, 1.54) is 13.3 Å². The van der Waals surface area contributed by atoms with E-state index < -0.39 is 13.1 Å². The summed E-state index contributed by atoms with van der Waals surface area (Å²) in [5, 5.41) is 8.03. The molecular formula is C30H35BN2O5. The molecule has 4 aliphatic rings. The number of furan rings is 1. The predicted molar refractivity (Wildman–Crippen MR) is 146 cm³/mol. The van der Waals surface area contributed by atoms with E-state index in [2.05, 4.69) is 31.4 Å². The average Bonchev–Trinajstić information content (AvgIpc) is 3.44. The number of benzene rings is 2. The minimum atomic E-state index is -0.560. The quantitative estimate of drug-likeness (QED) is 0.437. The van der Waals surface area contributed by atoms with Gasteiger partial charge >= 0.3 is 7.12 Å². The second-order valence-electron chi connectivity index (χ2n) is 12.0. The van der Waals surface area contributed by atoms with E-state index in [0.29, 0.717) is 23.9 Å². The van der Waals surface area contributed by atoms with Crippen molar-refractivity contribution in [2.75, 3.05) is 5.32 Å². The summed E-state index contributed by atoms with van der Waals surface area (Å²) in [6, 6.07) is 15.4. The van der Waals surface area contributed by atoms with Crippen LogP contribution in [0.15, 0.2) is 59.2 Å². The maximum absolute atomic E-state index is 13.3. The molecule has 198 valence electrons. The Bertz CT molecular complexity index is 1370. The second kappa shape index (κ2) is 9.28. The van der Waals surface area contributed by atoms with Crippen LogP contribution in [0.4, 0.5) is 5.69 Å². The van der Waals surface area contributed by atoms with Crippen LogP contribution < -0.4 is 10.6 Å². The number of carbonyl (C=O) groups excluding carboxylic acids is 2. The van der Waals surface area contributed by atoms with E-state index in [-0.39, 0.29) is 35.4 Å². The molecule has 2 aromatic carbocycles. The first kappa shape index (κ1) is 25.2. The highest BCUT2D eigenvalue weighted by Crippen LogP contribution is 2.65. The molecule has 3 aromatic rings. The second-order valence-corrected chi connectivity index (χ2v) is 12.0. The lowest BCUT2D eigenvalue weighted by molar-refractivity contribution is -0.199. The summed E-state index contributed by atoms with van der Waals surface area (Å²) in [5.74, 6) is 1.24. The Morgan fingerprint density at radius 1 is 1.08 bits per heavy atom. The van der Waals surface area contributed by atoms with Gasteiger partial charge in [-0.1, -0.05) is 50.2 Å². The highest BCUT2D eigenvalue weighted by Gasteiger charge is 2.68. The molecule has 0 spiro atoms. The average molecular weight is 514 g/mol. The third kappa shape index (κ3) is 4.33. The minimum Gasteiger partial charge on any atom is -0.468 e. The van der Waals surface area contributed by atoms with Gasteiger partial charge in [-0.2, -0.15) is 0 Å². The lowest BCUT2D eigenvalue weighted by Gasteiger charge is -2.64. The summed E-state index contributed by atoms with van der Waals surface area (Å²) in [5.41, 5.74) is 1.43. The molecule has 1 aliphatic heterocycles. The number of rotatable bonds is 7. The van der Waals surface area contributed by atoms with Gasteiger partial charge in [0, 0.05) is 29.8 Å². The van der Waals surface area contributed by atoms with Gasteiger partial charge in [0.05, 0.1) is 30.3 Å². The molecule has 2 amide bonds. The van der Waals surface area contributed by atoms with E-state index in [1.807, 2.05) is 36.4 Å². The van der Waals surface area contributed by atoms with Crippen LogP contribution in [0.2, 0.25) is 0 Å². The molecule has 1 aromatic heterocycles. The third-order valence-corrected chi connectivity index (χ3v) is 9.28. The molecular weight excluding hydrogens is 479 g/mol. The van der Waals surface area contributed by atoms with Gasteiger partial charge in [-0.25, -0.2) is 0 Å². The van der Waals surface area contributed by atoms with Crippen LogP contribution in [0, 0.1) is 17.3 Å². The SMILES string of the molecule is CC(=O)Nc1ccc(CC(=O)N[C@@H](Cc2occ3ccccc23)B2O[C@@H]3C[C@@H]4C[C@@H](C4(C)C)[C@]3(C)O2)cc1. The fourth-order valence-corrected chi connectivity index (χ4v) is 7.05. The first-order chi connectivity index (χ1) is 18.1. The van der Waals surface area contributed by atoms with Crippen LogP contribution in [0.1, 0.15) is 51.9 Å². The maximum atomic E-state index is 13.3. The summed E-state index contributed by atoms with van der Waals surface area (Å²) in [6.45, 7) is 8.35. The van der Waals surface area contributed by atoms with Crippen LogP contribution in [-0.4, -0.2) is 36.6 Å². The highest BCUT2D eigenvalue weighted by molar-refractivity contribution is 6.48. The van der Waals surface area contributed by atoms with Crippen molar-refractivity contribution < 1.29 is 23.3 Å². The van der Waals surface area contributed by atoms with Crippen molar-refractivity contribution in [2.45, 2.75) is 71.0 Å². The van der Waals surface area contributed by atoms with E-state index in [4.69, 9.17) is 13.7 Å². The molecule has 0 radical (unpaired) electrons. The monoisotopic (exact) mass is 514 g/mol. The van der Waals surface area contributed by atoms with Gasteiger partial charge in [-0.05, 0) is 54.7 Å². The fourth-order valence-electron chi connectivity index (χ4n) is 7.05. The van der Waals surface area contributed by atoms with Gasteiger partial charge in [0.1, 0.15) is 5.76 Å². The van der Waals surface area contributed by atoms with Crippen molar-refractivity contribution in [3.8, 4) is 0 Å². The summed E-state index contributed by atoms with van der Waals surface area (Å²) in [7, 11) is -0.560. The standard InChI is InChI=1S/C30H35BN2O5/c1-18(34)32-22-11-9-19(10-12-22)13-28(35)33-27(16-24-23-8-6-5-7-20(23)17-36-24)31-37-26-15-21-14-25(29(21,2)3)30(26,4)38-31/h5-12,17,21,25-27H,13-16H2,1-4H3,(H,32,34)(H,33,35)/t21-,25-,26+,27-,30-/m0/s1. The van der Waals surface area contributed by atoms with Crippen LogP contribution in [-0.2, 0) is 31.7 Å². The molecule has 1 saturated heterocycles. The summed E-state index contributed by atoms with van der Waals surface area (Å²) < 4.78 is 19.3. The molecule has 38 heavy (non-hydrogen) atoms. The largest absolute Gasteiger partial charge is 0.482 e. The molecule has 5 atom stereocenters. The van der Waals surface area contributed by atoms with Crippen LogP contribution >= 0.6 is 0 Å². The molecule has 8 heteroatoms. The highest BCUT2D eigenvalue weighted by atomic mass is 16.7. The number of amides is 2. The molecule has 7 nitrogen and oxygen atoms in total. The van der Waals surface area contributed by atoms with E-state index in [9.17, 15) is 9.59 Å². The number of hydrogen-bond donors (Lipinski definition) is 2. The molecule has 2 N–H and O–H groups in total. The predicted octanol–water partition coefficient (Wildman–Crippen LogP) is 4.93. The zero-order valence-corrected chi connectivity index (χ0v) is 22.5. The number of anilines is 1. The van der Waals surface area contributed by atoms with Crippen LogP contribution in [0.3, 0.4) is 0 Å². The van der Waals surface area contributed by atoms with Gasteiger partial charge in [-0.3, -0.25) is 9.59 Å². The zero-order valence-electron chi connectivity index (χ0n) is 22.5. The maximum Gasteiger partial charge on any atom is 0.482 e. The van der Waals surface area contributed by atoms with Crippen molar-refractivity contribution in [3.63, 3.8) is 0 Å². The summed E-state index contributed by atoms with van der Waals surface area (Å²) in [6.07, 6.45) is 4.62. The van der Waals surface area contributed by atoms with Crippen LogP contribution in [0.25, 0.3) is 10.8 Å². The Balaban J connectivity index is 1.22. The van der Waals surface area contributed by atoms with Gasteiger partial charge in [0.25, 0.3) is 0 Å². The minimum absolute atomic E-state index is 0.0262.